The lowest BCUT2D eigenvalue weighted by atomic mass is 10.2. The number of halogens is 3. The minimum atomic E-state index is -4.48. The van der Waals surface area contributed by atoms with Gasteiger partial charge in [0.1, 0.15) is 5.75 Å². The van der Waals surface area contributed by atoms with Crippen LogP contribution in [0.5, 0.6) is 11.8 Å². The van der Waals surface area contributed by atoms with E-state index in [0.717, 1.165) is 18.2 Å². The summed E-state index contributed by atoms with van der Waals surface area (Å²) in [5.74, 6) is -0.315. The summed E-state index contributed by atoms with van der Waals surface area (Å²) >= 11 is 0. The van der Waals surface area contributed by atoms with Gasteiger partial charge in [-0.15, -0.1) is 0 Å². The zero-order valence-electron chi connectivity index (χ0n) is 11.3. The molecule has 0 saturated carbocycles. The second-order valence-electron chi connectivity index (χ2n) is 4.25. The van der Waals surface area contributed by atoms with Crippen molar-refractivity contribution < 1.29 is 17.9 Å². The van der Waals surface area contributed by atoms with Crippen LogP contribution in [0.25, 0.3) is 0 Å². The quantitative estimate of drug-likeness (QED) is 0.919. The van der Waals surface area contributed by atoms with E-state index in [1.54, 1.807) is 0 Å². The van der Waals surface area contributed by atoms with Crippen LogP contribution in [0.3, 0.4) is 0 Å². The maximum atomic E-state index is 12.8. The van der Waals surface area contributed by atoms with Gasteiger partial charge < -0.3 is 10.1 Å². The van der Waals surface area contributed by atoms with Crippen molar-refractivity contribution in [1.29, 1.82) is 0 Å². The van der Waals surface area contributed by atoms with Crippen molar-refractivity contribution >= 4 is 0 Å². The molecule has 2 rings (SSSR count). The Bertz CT molecular complexity index is 585. The molecular weight excluding hydrogens is 283 g/mol. The van der Waals surface area contributed by atoms with E-state index >= 15 is 0 Å². The maximum absolute atomic E-state index is 12.8. The third-order valence-corrected chi connectivity index (χ3v) is 2.65. The summed E-state index contributed by atoms with van der Waals surface area (Å²) in [5, 5.41) is 3.09. The zero-order chi connectivity index (χ0) is 15.3. The number of nitrogens with one attached hydrogen (secondary N) is 1. The highest BCUT2D eigenvalue weighted by Crippen LogP contribution is 2.37. The Balaban J connectivity index is 2.15. The molecule has 0 amide bonds. The van der Waals surface area contributed by atoms with Gasteiger partial charge in [0.25, 0.3) is 0 Å². The van der Waals surface area contributed by atoms with E-state index in [4.69, 9.17) is 4.74 Å². The normalized spacial score (nSPS) is 11.4. The Morgan fingerprint density at radius 2 is 1.81 bits per heavy atom. The summed E-state index contributed by atoms with van der Waals surface area (Å²) in [6.45, 7) is 3.36. The molecule has 7 heteroatoms. The van der Waals surface area contributed by atoms with Gasteiger partial charge in [-0.1, -0.05) is 19.1 Å². The fraction of sp³-hybridized carbons (Fsp3) is 0.286. The average molecular weight is 297 g/mol. The van der Waals surface area contributed by atoms with Gasteiger partial charge in [0.2, 0.25) is 0 Å². The maximum Gasteiger partial charge on any atom is 0.419 e. The summed E-state index contributed by atoms with van der Waals surface area (Å²) in [4.78, 5) is 7.82. The minimum absolute atomic E-state index is 0.119. The average Bonchev–Trinajstić information content (AvgIpc) is 2.46. The number of nitrogens with zero attached hydrogens (tertiary/aromatic N) is 2. The number of aromatic nitrogens is 2. The van der Waals surface area contributed by atoms with E-state index in [9.17, 15) is 13.2 Å². The molecule has 1 aromatic heterocycles. The van der Waals surface area contributed by atoms with Crippen LogP contribution in [0.1, 0.15) is 18.1 Å². The third-order valence-electron chi connectivity index (χ3n) is 2.65. The highest BCUT2D eigenvalue weighted by molar-refractivity contribution is 5.37. The number of hydrogen-bond acceptors (Lipinski definition) is 4. The van der Waals surface area contributed by atoms with Crippen LogP contribution >= 0.6 is 0 Å². The van der Waals surface area contributed by atoms with Crippen molar-refractivity contribution in [3.63, 3.8) is 0 Å². The van der Waals surface area contributed by atoms with Gasteiger partial charge in [-0.25, -0.2) is 9.97 Å². The SMILES string of the molecule is CCNCc1cnc(Oc2ccccc2C(F)(F)F)nc1. The molecule has 0 fully saturated rings. The lowest BCUT2D eigenvalue weighted by Crippen LogP contribution is -2.12. The van der Waals surface area contributed by atoms with Gasteiger partial charge in [-0.3, -0.25) is 0 Å². The van der Waals surface area contributed by atoms with E-state index < -0.39 is 11.7 Å². The Labute approximate surface area is 120 Å². The van der Waals surface area contributed by atoms with Crippen LogP contribution in [0.4, 0.5) is 13.2 Å². The van der Waals surface area contributed by atoms with Gasteiger partial charge in [0.05, 0.1) is 5.56 Å². The van der Waals surface area contributed by atoms with E-state index in [0.29, 0.717) is 6.54 Å². The summed E-state index contributed by atoms with van der Waals surface area (Å²) in [5.41, 5.74) is -0.0290. The van der Waals surface area contributed by atoms with E-state index in [2.05, 4.69) is 15.3 Å². The fourth-order valence-electron chi connectivity index (χ4n) is 1.64. The van der Waals surface area contributed by atoms with Gasteiger partial charge >= 0.3 is 12.2 Å². The van der Waals surface area contributed by atoms with Crippen LogP contribution in [0, 0.1) is 0 Å². The van der Waals surface area contributed by atoms with Crippen LogP contribution < -0.4 is 10.1 Å². The van der Waals surface area contributed by atoms with Crippen LogP contribution in [0.2, 0.25) is 0 Å². The Hall–Kier alpha value is -2.15. The molecule has 1 heterocycles. The number of benzene rings is 1. The summed E-state index contributed by atoms with van der Waals surface area (Å²) in [6.07, 6.45) is -1.45. The number of ether oxygens (including phenoxy) is 1. The number of para-hydroxylation sites is 1. The molecule has 0 saturated heterocycles. The van der Waals surface area contributed by atoms with E-state index in [1.165, 1.54) is 30.6 Å². The van der Waals surface area contributed by atoms with Gasteiger partial charge in [-0.2, -0.15) is 13.2 Å². The van der Waals surface area contributed by atoms with E-state index in [1.807, 2.05) is 6.92 Å². The molecule has 0 bridgehead atoms. The number of rotatable bonds is 5. The molecule has 0 atom stereocenters. The smallest absolute Gasteiger partial charge is 0.419 e. The molecule has 1 N–H and O–H groups in total. The first kappa shape index (κ1) is 15.2. The lowest BCUT2D eigenvalue weighted by Gasteiger charge is -2.12. The fourth-order valence-corrected chi connectivity index (χ4v) is 1.64. The van der Waals surface area contributed by atoms with Crippen molar-refractivity contribution in [2.75, 3.05) is 6.54 Å². The molecule has 21 heavy (non-hydrogen) atoms. The monoisotopic (exact) mass is 297 g/mol. The zero-order valence-corrected chi connectivity index (χ0v) is 11.3. The molecular formula is C14H14F3N3O. The van der Waals surface area contributed by atoms with Crippen LogP contribution in [0.15, 0.2) is 36.7 Å². The van der Waals surface area contributed by atoms with Crippen molar-refractivity contribution in [2.24, 2.45) is 0 Å². The summed E-state index contributed by atoms with van der Waals surface area (Å²) in [7, 11) is 0. The van der Waals surface area contributed by atoms with E-state index in [-0.39, 0.29) is 11.8 Å². The predicted octanol–water partition coefficient (Wildman–Crippen LogP) is 3.40. The summed E-state index contributed by atoms with van der Waals surface area (Å²) in [6, 6.07) is 4.83. The third kappa shape index (κ3) is 4.16. The highest BCUT2D eigenvalue weighted by Gasteiger charge is 2.34. The number of hydrogen-bond donors (Lipinski definition) is 1. The molecule has 1 aromatic carbocycles. The topological polar surface area (TPSA) is 47.0 Å². The predicted molar refractivity (Wildman–Crippen MR) is 70.9 cm³/mol. The number of alkyl halides is 3. The minimum Gasteiger partial charge on any atom is -0.424 e. The van der Waals surface area contributed by atoms with Gasteiger partial charge in [0.15, 0.2) is 0 Å². The largest absolute Gasteiger partial charge is 0.424 e. The first-order valence-electron chi connectivity index (χ1n) is 6.36. The second kappa shape index (κ2) is 6.53. The first-order chi connectivity index (χ1) is 10.0. The molecule has 4 nitrogen and oxygen atoms in total. The first-order valence-corrected chi connectivity index (χ1v) is 6.36. The van der Waals surface area contributed by atoms with Crippen LogP contribution in [-0.2, 0) is 12.7 Å². The second-order valence-corrected chi connectivity index (χ2v) is 4.25. The van der Waals surface area contributed by atoms with Crippen molar-refractivity contribution in [3.05, 3.63) is 47.8 Å². The Kier molecular flexibility index (Phi) is 4.74. The molecule has 112 valence electrons. The van der Waals surface area contributed by atoms with Crippen molar-refractivity contribution in [1.82, 2.24) is 15.3 Å². The van der Waals surface area contributed by atoms with Gasteiger partial charge in [0, 0.05) is 24.5 Å². The molecule has 0 aliphatic carbocycles. The molecule has 2 aromatic rings. The Morgan fingerprint density at radius 3 is 2.43 bits per heavy atom. The summed E-state index contributed by atoms with van der Waals surface area (Å²) < 4.78 is 43.6. The standard InChI is InChI=1S/C14H14F3N3O/c1-2-18-7-10-8-19-13(20-9-10)21-12-6-4-3-5-11(12)14(15,16)17/h3-6,8-9,18H,2,7H2,1H3. The molecule has 0 unspecified atom stereocenters. The lowest BCUT2D eigenvalue weighted by molar-refractivity contribution is -0.138. The molecule has 0 aliphatic heterocycles. The molecule has 0 aliphatic rings. The molecule has 0 spiro atoms. The Morgan fingerprint density at radius 1 is 1.14 bits per heavy atom. The van der Waals surface area contributed by atoms with Crippen molar-refractivity contribution in [2.45, 2.75) is 19.6 Å². The highest BCUT2D eigenvalue weighted by atomic mass is 19.4. The molecule has 0 radical (unpaired) electrons. The van der Waals surface area contributed by atoms with Gasteiger partial charge in [-0.05, 0) is 18.7 Å². The van der Waals surface area contributed by atoms with Crippen molar-refractivity contribution in [3.8, 4) is 11.8 Å². The van der Waals surface area contributed by atoms with Crippen LogP contribution in [-0.4, -0.2) is 16.5 Å².